The van der Waals surface area contributed by atoms with E-state index in [-0.39, 0.29) is 25.5 Å². The second-order valence-corrected chi connectivity index (χ2v) is 29.6. The normalized spacial score (nSPS) is 12.0. The van der Waals surface area contributed by atoms with E-state index in [2.05, 4.69) is 171 Å². The molecule has 8 heteroatoms. The molecule has 291 valence electrons. The number of benzene rings is 5. The first kappa shape index (κ1) is 40.3. The zero-order valence-electron chi connectivity index (χ0n) is 34.0. The van der Waals surface area contributed by atoms with Crippen LogP contribution < -0.4 is 4.40 Å². The SMILES string of the molecule is Cc1cc(-c2[c-]cc3sc4ccccc4c3c2)nc[c]1[Ge]([CH3])([CH3])[CH3].Cc1ccc2c(n1)sc1c(-c3nc4ccccc4n3-c3ccc(C(C)(C)C)cc3)[c-]ccc12.[Ir]. The van der Waals surface area contributed by atoms with Gasteiger partial charge in [-0.25, -0.2) is 4.98 Å². The van der Waals surface area contributed by atoms with Gasteiger partial charge in [-0.2, -0.15) is 11.3 Å². The molecule has 5 aromatic carbocycles. The molecule has 0 spiro atoms. The number of rotatable bonds is 4. The Morgan fingerprint density at radius 3 is 2.22 bits per heavy atom. The van der Waals surface area contributed by atoms with Crippen molar-refractivity contribution in [2.75, 3.05) is 0 Å². The number of hydrogen-bond acceptors (Lipinski definition) is 5. The number of fused-ring (bicyclic) bond motifs is 7. The quantitative estimate of drug-likeness (QED) is 0.130. The molecule has 0 unspecified atom stereocenters. The standard InChI is InChI=1S/C29H24N3S.C21H20GeNS.Ir/c1-18-12-17-22-21-8-7-9-23(26(21)33-28(22)30-18)27-31-24-10-5-6-11-25(24)32(27)20-15-13-19(14-16-20)29(2,3)4;1-14-11-19(23-13-18(14)22(2,3)4)15-9-10-21-17(12-15)16-7-5-6-8-20(16)24-21;/h5-8,10-17H,1-4H3;5-8,10-13H,1-4H3;/q2*-1;. The average Bonchev–Trinajstić information content (AvgIpc) is 3.88. The summed E-state index contributed by atoms with van der Waals surface area (Å²) >= 11 is 1.70. The Kier molecular flexibility index (Phi) is 10.8. The number of para-hydroxylation sites is 2. The minimum atomic E-state index is -1.85. The molecule has 1 radical (unpaired) electrons. The molecule has 0 aliphatic carbocycles. The summed E-state index contributed by atoms with van der Waals surface area (Å²) in [6.45, 7) is 11.0. The van der Waals surface area contributed by atoms with Gasteiger partial charge in [-0.1, -0.05) is 62.1 Å². The Bertz CT molecular complexity index is 3130. The summed E-state index contributed by atoms with van der Waals surface area (Å²) in [7, 11) is 0. The zero-order chi connectivity index (χ0) is 39.6. The predicted molar refractivity (Wildman–Crippen MR) is 249 cm³/mol. The van der Waals surface area contributed by atoms with Crippen LogP contribution in [0, 0.1) is 26.0 Å². The molecule has 0 aliphatic heterocycles. The predicted octanol–water partition coefficient (Wildman–Crippen LogP) is 13.6. The van der Waals surface area contributed by atoms with E-state index in [1.165, 1.54) is 51.2 Å². The van der Waals surface area contributed by atoms with Gasteiger partial charge >= 0.3 is 150 Å². The van der Waals surface area contributed by atoms with Crippen LogP contribution in [0.15, 0.2) is 121 Å². The summed E-state index contributed by atoms with van der Waals surface area (Å²) < 4.78 is 7.54. The van der Waals surface area contributed by atoms with Crippen molar-refractivity contribution in [1.82, 2.24) is 19.5 Å². The summed E-state index contributed by atoms with van der Waals surface area (Å²) in [5.41, 5.74) is 10.1. The Labute approximate surface area is 364 Å². The Morgan fingerprint density at radius 2 is 1.47 bits per heavy atom. The van der Waals surface area contributed by atoms with Gasteiger partial charge in [0.05, 0.1) is 16.9 Å². The fourth-order valence-electron chi connectivity index (χ4n) is 7.75. The number of thiophene rings is 2. The van der Waals surface area contributed by atoms with Gasteiger partial charge in [-0.15, -0.1) is 18.2 Å². The smallest absolute Gasteiger partial charge is 0.113 e. The fraction of sp³-hybridized carbons (Fsp3) is 0.180. The maximum absolute atomic E-state index is 5.09. The summed E-state index contributed by atoms with van der Waals surface area (Å²) in [4.78, 5) is 15.7. The van der Waals surface area contributed by atoms with E-state index in [1.807, 2.05) is 30.4 Å². The van der Waals surface area contributed by atoms with Crippen molar-refractivity contribution < 1.29 is 20.1 Å². The monoisotopic (exact) mass is 1030 g/mol. The molecule has 10 aromatic rings. The van der Waals surface area contributed by atoms with Crippen molar-refractivity contribution in [3.8, 4) is 28.3 Å². The molecule has 0 fully saturated rings. The number of hydrogen-bond donors (Lipinski definition) is 0. The topological polar surface area (TPSA) is 43.6 Å². The minimum Gasteiger partial charge on any atom is -0.333 e. The van der Waals surface area contributed by atoms with Crippen molar-refractivity contribution in [2.24, 2.45) is 0 Å². The van der Waals surface area contributed by atoms with Crippen LogP contribution in [-0.4, -0.2) is 32.8 Å². The number of aryl methyl sites for hydroxylation is 2. The maximum atomic E-state index is 5.09. The van der Waals surface area contributed by atoms with Crippen molar-refractivity contribution in [2.45, 2.75) is 57.3 Å². The summed E-state index contributed by atoms with van der Waals surface area (Å²) in [5, 5.41) is 5.03. The van der Waals surface area contributed by atoms with E-state index in [4.69, 9.17) is 15.0 Å². The third kappa shape index (κ3) is 7.48. The van der Waals surface area contributed by atoms with E-state index < -0.39 is 13.3 Å². The van der Waals surface area contributed by atoms with Crippen LogP contribution >= 0.6 is 22.7 Å². The summed E-state index contributed by atoms with van der Waals surface area (Å²) in [6.07, 6.45) is 2.11. The summed E-state index contributed by atoms with van der Waals surface area (Å²) in [5.74, 6) is 8.16. The van der Waals surface area contributed by atoms with Crippen molar-refractivity contribution in [3.05, 3.63) is 150 Å². The van der Waals surface area contributed by atoms with Gasteiger partial charge < -0.3 is 4.57 Å². The third-order valence-corrected chi connectivity index (χ3v) is 17.5. The van der Waals surface area contributed by atoms with E-state index in [9.17, 15) is 0 Å². The second-order valence-electron chi connectivity index (χ2n) is 16.9. The molecular weight excluding hydrogens is 986 g/mol. The van der Waals surface area contributed by atoms with Crippen LogP contribution in [-0.2, 0) is 25.5 Å². The second kappa shape index (κ2) is 15.6. The fourth-order valence-corrected chi connectivity index (χ4v) is 13.6. The van der Waals surface area contributed by atoms with E-state index in [1.54, 1.807) is 11.3 Å². The molecule has 0 saturated carbocycles. The van der Waals surface area contributed by atoms with E-state index in [0.29, 0.717) is 0 Å². The summed E-state index contributed by atoms with van der Waals surface area (Å²) in [6, 6.07) is 47.7. The first-order valence-corrected chi connectivity index (χ1v) is 28.4. The van der Waals surface area contributed by atoms with Gasteiger partial charge in [-0.05, 0) is 58.3 Å². The van der Waals surface area contributed by atoms with Crippen molar-refractivity contribution >= 4 is 91.8 Å². The van der Waals surface area contributed by atoms with Crippen LogP contribution in [0.3, 0.4) is 0 Å². The molecule has 10 rings (SSSR count). The molecule has 4 nitrogen and oxygen atoms in total. The number of aromatic nitrogens is 4. The van der Waals surface area contributed by atoms with Crippen molar-refractivity contribution in [1.29, 1.82) is 0 Å². The van der Waals surface area contributed by atoms with Crippen LogP contribution in [0.5, 0.6) is 0 Å². The van der Waals surface area contributed by atoms with Gasteiger partial charge in [0.15, 0.2) is 0 Å². The van der Waals surface area contributed by atoms with Crippen LogP contribution in [0.1, 0.15) is 37.6 Å². The molecule has 58 heavy (non-hydrogen) atoms. The molecule has 0 N–H and O–H groups in total. The van der Waals surface area contributed by atoms with Gasteiger partial charge in [0.2, 0.25) is 0 Å². The van der Waals surface area contributed by atoms with Gasteiger partial charge in [-0.3, -0.25) is 4.98 Å². The first-order chi connectivity index (χ1) is 27.3. The van der Waals surface area contributed by atoms with E-state index >= 15 is 0 Å². The first-order valence-electron chi connectivity index (χ1n) is 19.4. The Balaban J connectivity index is 0.000000167. The van der Waals surface area contributed by atoms with E-state index in [0.717, 1.165) is 49.9 Å². The van der Waals surface area contributed by atoms with Gasteiger partial charge in [0.25, 0.3) is 0 Å². The van der Waals surface area contributed by atoms with Crippen molar-refractivity contribution in [3.63, 3.8) is 0 Å². The van der Waals surface area contributed by atoms with Crippen LogP contribution in [0.2, 0.25) is 17.3 Å². The van der Waals surface area contributed by atoms with Gasteiger partial charge in [0.1, 0.15) is 4.83 Å². The molecule has 0 bridgehead atoms. The average molecular weight is 1030 g/mol. The molecule has 0 atom stereocenters. The minimum absolute atomic E-state index is 0. The molecule has 5 heterocycles. The molecule has 0 aliphatic rings. The largest absolute Gasteiger partial charge is 0.333 e. The zero-order valence-corrected chi connectivity index (χ0v) is 40.1. The van der Waals surface area contributed by atoms with Crippen LogP contribution in [0.25, 0.3) is 79.8 Å². The third-order valence-electron chi connectivity index (χ3n) is 10.7. The maximum Gasteiger partial charge on any atom is 0.113 e. The number of nitrogens with zero attached hydrogens (tertiary/aromatic N) is 4. The number of imidazole rings is 1. The molecule has 5 aromatic heterocycles. The van der Waals surface area contributed by atoms with Gasteiger partial charge in [0, 0.05) is 31.5 Å². The molecule has 0 saturated heterocycles. The number of pyridine rings is 2. The Morgan fingerprint density at radius 1 is 0.707 bits per heavy atom. The molecular formula is C50H44GeIrN4S2-2. The Hall–Kier alpha value is -4.50. The molecule has 0 amide bonds. The van der Waals surface area contributed by atoms with Crippen LogP contribution in [0.4, 0.5) is 0 Å².